The van der Waals surface area contributed by atoms with Crippen LogP contribution in [0, 0.1) is 5.92 Å². The standard InChI is InChI=1S/C13H23N3/c1-3-11-6-5-7-13(14,8-11)12-9-15-16(4-2)10-12/h9-11H,3-8,14H2,1-2H3. The Morgan fingerprint density at radius 2 is 2.38 bits per heavy atom. The third-order valence-electron chi connectivity index (χ3n) is 4.00. The van der Waals surface area contributed by atoms with Crippen LogP contribution in [-0.2, 0) is 12.1 Å². The molecule has 0 aliphatic heterocycles. The molecule has 2 N–H and O–H groups in total. The summed E-state index contributed by atoms with van der Waals surface area (Å²) in [5.41, 5.74) is 7.67. The van der Waals surface area contributed by atoms with Crippen molar-refractivity contribution in [1.82, 2.24) is 9.78 Å². The average Bonchev–Trinajstić information content (AvgIpc) is 2.78. The summed E-state index contributed by atoms with van der Waals surface area (Å²) in [6.07, 6.45) is 10.2. The fraction of sp³-hybridized carbons (Fsp3) is 0.769. The third-order valence-corrected chi connectivity index (χ3v) is 4.00. The molecule has 1 fully saturated rings. The van der Waals surface area contributed by atoms with Crippen molar-refractivity contribution in [3.05, 3.63) is 18.0 Å². The first-order valence-corrected chi connectivity index (χ1v) is 6.49. The predicted octanol–water partition coefficient (Wildman–Crippen LogP) is 2.66. The van der Waals surface area contributed by atoms with E-state index < -0.39 is 0 Å². The summed E-state index contributed by atoms with van der Waals surface area (Å²) in [7, 11) is 0. The molecule has 1 saturated carbocycles. The van der Waals surface area contributed by atoms with Gasteiger partial charge in [-0.2, -0.15) is 5.10 Å². The van der Waals surface area contributed by atoms with Crippen molar-refractivity contribution in [2.75, 3.05) is 0 Å². The monoisotopic (exact) mass is 221 g/mol. The van der Waals surface area contributed by atoms with Crippen molar-refractivity contribution in [2.45, 2.75) is 58.0 Å². The number of nitrogens with zero attached hydrogens (tertiary/aromatic N) is 2. The van der Waals surface area contributed by atoms with Crippen LogP contribution in [0.15, 0.2) is 12.4 Å². The second kappa shape index (κ2) is 4.58. The molecular weight excluding hydrogens is 198 g/mol. The molecule has 16 heavy (non-hydrogen) atoms. The van der Waals surface area contributed by atoms with Gasteiger partial charge in [0.05, 0.1) is 6.20 Å². The summed E-state index contributed by atoms with van der Waals surface area (Å²) in [5, 5.41) is 4.34. The van der Waals surface area contributed by atoms with Crippen LogP contribution in [0.2, 0.25) is 0 Å². The fourth-order valence-electron chi connectivity index (χ4n) is 2.83. The van der Waals surface area contributed by atoms with Crippen molar-refractivity contribution < 1.29 is 0 Å². The van der Waals surface area contributed by atoms with Crippen molar-refractivity contribution in [2.24, 2.45) is 11.7 Å². The van der Waals surface area contributed by atoms with E-state index in [2.05, 4.69) is 25.1 Å². The lowest BCUT2D eigenvalue weighted by atomic mass is 9.72. The maximum absolute atomic E-state index is 6.56. The van der Waals surface area contributed by atoms with Crippen LogP contribution < -0.4 is 5.73 Å². The number of aromatic nitrogens is 2. The number of hydrogen-bond acceptors (Lipinski definition) is 2. The van der Waals surface area contributed by atoms with Crippen LogP contribution in [0.5, 0.6) is 0 Å². The van der Waals surface area contributed by atoms with E-state index in [0.29, 0.717) is 0 Å². The molecule has 90 valence electrons. The average molecular weight is 221 g/mol. The van der Waals surface area contributed by atoms with Crippen molar-refractivity contribution in [3.8, 4) is 0 Å². The normalized spacial score (nSPS) is 30.6. The smallest absolute Gasteiger partial charge is 0.0540 e. The molecule has 0 bridgehead atoms. The van der Waals surface area contributed by atoms with Gasteiger partial charge in [-0.3, -0.25) is 4.68 Å². The Morgan fingerprint density at radius 1 is 1.56 bits per heavy atom. The molecule has 0 aromatic carbocycles. The van der Waals surface area contributed by atoms with Gasteiger partial charge >= 0.3 is 0 Å². The highest BCUT2D eigenvalue weighted by Crippen LogP contribution is 2.38. The summed E-state index contributed by atoms with van der Waals surface area (Å²) in [5.74, 6) is 0.795. The topological polar surface area (TPSA) is 43.8 Å². The second-order valence-corrected chi connectivity index (χ2v) is 5.11. The molecule has 2 unspecified atom stereocenters. The molecule has 1 heterocycles. The SMILES string of the molecule is CCC1CCCC(N)(c2cnn(CC)c2)C1. The molecule has 1 aromatic rings. The minimum atomic E-state index is -0.119. The van der Waals surface area contributed by atoms with Gasteiger partial charge in [-0.15, -0.1) is 0 Å². The molecule has 1 aromatic heterocycles. The summed E-state index contributed by atoms with van der Waals surface area (Å²) < 4.78 is 1.97. The molecule has 3 heteroatoms. The minimum absolute atomic E-state index is 0.119. The zero-order valence-electron chi connectivity index (χ0n) is 10.4. The highest BCUT2D eigenvalue weighted by atomic mass is 15.3. The number of rotatable bonds is 3. The van der Waals surface area contributed by atoms with Gasteiger partial charge in [-0.05, 0) is 25.7 Å². The van der Waals surface area contributed by atoms with E-state index in [-0.39, 0.29) is 5.54 Å². The largest absolute Gasteiger partial charge is 0.321 e. The molecule has 0 spiro atoms. The van der Waals surface area contributed by atoms with E-state index >= 15 is 0 Å². The molecule has 0 saturated heterocycles. The summed E-state index contributed by atoms with van der Waals surface area (Å²) >= 11 is 0. The Hall–Kier alpha value is -0.830. The van der Waals surface area contributed by atoms with Crippen LogP contribution in [0.4, 0.5) is 0 Å². The lowest BCUT2D eigenvalue weighted by Crippen LogP contribution is -2.41. The Labute approximate surface area is 98.0 Å². The van der Waals surface area contributed by atoms with Crippen LogP contribution in [0.1, 0.15) is 51.5 Å². The van der Waals surface area contributed by atoms with Crippen LogP contribution in [-0.4, -0.2) is 9.78 Å². The van der Waals surface area contributed by atoms with E-state index in [0.717, 1.165) is 25.3 Å². The number of hydrogen-bond donors (Lipinski definition) is 1. The predicted molar refractivity (Wildman–Crippen MR) is 66.0 cm³/mol. The van der Waals surface area contributed by atoms with Crippen molar-refractivity contribution in [1.29, 1.82) is 0 Å². The van der Waals surface area contributed by atoms with Gasteiger partial charge in [0, 0.05) is 23.8 Å². The lowest BCUT2D eigenvalue weighted by molar-refractivity contribution is 0.221. The maximum atomic E-state index is 6.56. The Bertz CT molecular complexity index is 345. The van der Waals surface area contributed by atoms with E-state index in [1.165, 1.54) is 24.8 Å². The molecule has 0 amide bonds. The molecule has 2 rings (SSSR count). The van der Waals surface area contributed by atoms with Gasteiger partial charge in [-0.25, -0.2) is 0 Å². The van der Waals surface area contributed by atoms with Gasteiger partial charge in [-0.1, -0.05) is 26.2 Å². The zero-order chi connectivity index (χ0) is 11.6. The van der Waals surface area contributed by atoms with Gasteiger partial charge in [0.1, 0.15) is 0 Å². The Morgan fingerprint density at radius 3 is 3.00 bits per heavy atom. The van der Waals surface area contributed by atoms with Gasteiger partial charge in [0.25, 0.3) is 0 Å². The van der Waals surface area contributed by atoms with Crippen LogP contribution >= 0.6 is 0 Å². The maximum Gasteiger partial charge on any atom is 0.0540 e. The molecule has 1 aliphatic rings. The summed E-state index contributed by atoms with van der Waals surface area (Å²) in [6.45, 7) is 5.30. The first-order chi connectivity index (χ1) is 7.68. The highest BCUT2D eigenvalue weighted by Gasteiger charge is 2.34. The summed E-state index contributed by atoms with van der Waals surface area (Å²) in [4.78, 5) is 0. The van der Waals surface area contributed by atoms with Crippen LogP contribution in [0.3, 0.4) is 0 Å². The van der Waals surface area contributed by atoms with Crippen LogP contribution in [0.25, 0.3) is 0 Å². The molecule has 0 radical (unpaired) electrons. The molecule has 1 aliphatic carbocycles. The van der Waals surface area contributed by atoms with E-state index in [1.807, 2.05) is 10.9 Å². The van der Waals surface area contributed by atoms with Gasteiger partial charge in [0.2, 0.25) is 0 Å². The summed E-state index contributed by atoms with van der Waals surface area (Å²) in [6, 6.07) is 0. The minimum Gasteiger partial charge on any atom is -0.321 e. The lowest BCUT2D eigenvalue weighted by Gasteiger charge is -2.37. The molecular formula is C13H23N3. The first kappa shape index (κ1) is 11.6. The third kappa shape index (κ3) is 2.14. The fourth-order valence-corrected chi connectivity index (χ4v) is 2.83. The van der Waals surface area contributed by atoms with E-state index in [9.17, 15) is 0 Å². The molecule has 3 nitrogen and oxygen atoms in total. The molecule has 2 atom stereocenters. The van der Waals surface area contributed by atoms with E-state index in [1.54, 1.807) is 0 Å². The number of aryl methyl sites for hydroxylation is 1. The highest BCUT2D eigenvalue weighted by molar-refractivity contribution is 5.18. The quantitative estimate of drug-likeness (QED) is 0.852. The van der Waals surface area contributed by atoms with Crippen molar-refractivity contribution >= 4 is 0 Å². The first-order valence-electron chi connectivity index (χ1n) is 6.49. The van der Waals surface area contributed by atoms with E-state index in [4.69, 9.17) is 5.73 Å². The second-order valence-electron chi connectivity index (χ2n) is 5.11. The van der Waals surface area contributed by atoms with Gasteiger partial charge in [0.15, 0.2) is 0 Å². The Kier molecular flexibility index (Phi) is 3.33. The number of nitrogens with two attached hydrogens (primary N) is 1. The Balaban J connectivity index is 2.16. The zero-order valence-corrected chi connectivity index (χ0v) is 10.4. The van der Waals surface area contributed by atoms with Crippen molar-refractivity contribution in [3.63, 3.8) is 0 Å². The van der Waals surface area contributed by atoms with Gasteiger partial charge < -0.3 is 5.73 Å².